The first-order valence-corrected chi connectivity index (χ1v) is 10.7. The first-order chi connectivity index (χ1) is 14.2. The van der Waals surface area contributed by atoms with Gasteiger partial charge in [-0.05, 0) is 67.9 Å². The molecule has 0 aromatic heterocycles. The molecule has 2 saturated heterocycles. The number of cyclic esters (lactones) is 1. The molecule has 2 aliphatic heterocycles. The number of ether oxygens (including phenoxy) is 2. The van der Waals surface area contributed by atoms with Crippen LogP contribution in [0.2, 0.25) is 5.02 Å². The van der Waals surface area contributed by atoms with Crippen molar-refractivity contribution in [1.82, 2.24) is 4.90 Å². The first kappa shape index (κ1) is 20.0. The van der Waals surface area contributed by atoms with Crippen molar-refractivity contribution in [2.45, 2.75) is 37.8 Å². The van der Waals surface area contributed by atoms with Gasteiger partial charge in [0.05, 0.1) is 7.11 Å². The van der Waals surface area contributed by atoms with Gasteiger partial charge in [-0.3, -0.25) is 9.80 Å². The molecular weight excluding hydrogens is 388 g/mol. The predicted octanol–water partition coefficient (Wildman–Crippen LogP) is 5.29. The maximum Gasteiger partial charge on any atom is 0.415 e. The van der Waals surface area contributed by atoms with Crippen molar-refractivity contribution in [1.29, 1.82) is 0 Å². The summed E-state index contributed by atoms with van der Waals surface area (Å²) < 4.78 is 11.3. The van der Waals surface area contributed by atoms with Crippen LogP contribution in [-0.4, -0.2) is 43.8 Å². The van der Waals surface area contributed by atoms with Gasteiger partial charge in [0.1, 0.15) is 17.9 Å². The Hall–Kier alpha value is -2.24. The van der Waals surface area contributed by atoms with Crippen molar-refractivity contribution in [3.63, 3.8) is 0 Å². The van der Waals surface area contributed by atoms with Crippen molar-refractivity contribution in [3.05, 3.63) is 59.1 Å². The molecule has 2 aromatic carbocycles. The molecule has 154 valence electrons. The number of amides is 1. The molecule has 2 fully saturated rings. The van der Waals surface area contributed by atoms with E-state index in [1.807, 2.05) is 36.4 Å². The van der Waals surface area contributed by atoms with E-state index in [2.05, 4.69) is 4.90 Å². The van der Waals surface area contributed by atoms with E-state index >= 15 is 0 Å². The van der Waals surface area contributed by atoms with Crippen molar-refractivity contribution < 1.29 is 14.3 Å². The van der Waals surface area contributed by atoms with Crippen LogP contribution in [0.1, 0.15) is 37.3 Å². The smallest absolute Gasteiger partial charge is 0.415 e. The largest absolute Gasteiger partial charge is 0.497 e. The van der Waals surface area contributed by atoms with Crippen molar-refractivity contribution in [3.8, 4) is 5.75 Å². The molecule has 0 spiro atoms. The molecular formula is C23H27ClN2O3. The number of hydrogen-bond acceptors (Lipinski definition) is 4. The van der Waals surface area contributed by atoms with E-state index in [0.29, 0.717) is 5.02 Å². The molecule has 0 unspecified atom stereocenters. The zero-order valence-corrected chi connectivity index (χ0v) is 17.5. The molecule has 2 aliphatic rings. The number of nitrogens with zero attached hydrogens (tertiary/aromatic N) is 2. The van der Waals surface area contributed by atoms with Gasteiger partial charge in [-0.25, -0.2) is 4.79 Å². The van der Waals surface area contributed by atoms with E-state index in [1.165, 1.54) is 25.7 Å². The lowest BCUT2D eigenvalue weighted by molar-refractivity contribution is 0.0975. The average Bonchev–Trinajstić information content (AvgIpc) is 2.89. The highest BCUT2D eigenvalue weighted by Gasteiger charge is 2.44. The van der Waals surface area contributed by atoms with Crippen molar-refractivity contribution in [2.75, 3.05) is 31.6 Å². The Morgan fingerprint density at radius 2 is 1.79 bits per heavy atom. The van der Waals surface area contributed by atoms with Crippen LogP contribution in [0.15, 0.2) is 48.5 Å². The Balaban J connectivity index is 1.67. The average molecular weight is 415 g/mol. The van der Waals surface area contributed by atoms with Crippen molar-refractivity contribution >= 4 is 23.4 Å². The van der Waals surface area contributed by atoms with Crippen LogP contribution in [0, 0.1) is 0 Å². The van der Waals surface area contributed by atoms with E-state index in [9.17, 15) is 4.79 Å². The highest BCUT2D eigenvalue weighted by molar-refractivity contribution is 6.30. The summed E-state index contributed by atoms with van der Waals surface area (Å²) in [5, 5.41) is 0.639. The molecule has 2 heterocycles. The minimum Gasteiger partial charge on any atom is -0.497 e. The lowest BCUT2D eigenvalue weighted by Crippen LogP contribution is -2.37. The minimum absolute atomic E-state index is 0.220. The fourth-order valence-electron chi connectivity index (χ4n) is 4.30. The number of methoxy groups -OCH3 is 1. The van der Waals surface area contributed by atoms with Gasteiger partial charge in [-0.15, -0.1) is 0 Å². The Morgan fingerprint density at radius 3 is 2.48 bits per heavy atom. The van der Waals surface area contributed by atoms with E-state index in [1.54, 1.807) is 24.1 Å². The summed E-state index contributed by atoms with van der Waals surface area (Å²) in [5.74, 6) is 0.770. The molecule has 4 rings (SSSR count). The zero-order chi connectivity index (χ0) is 20.2. The van der Waals surface area contributed by atoms with Gasteiger partial charge >= 0.3 is 6.09 Å². The van der Waals surface area contributed by atoms with Gasteiger partial charge in [0.25, 0.3) is 0 Å². The molecule has 0 bridgehead atoms. The number of benzene rings is 2. The minimum atomic E-state index is -0.319. The first-order valence-electron chi connectivity index (χ1n) is 10.3. The Kier molecular flexibility index (Phi) is 6.26. The number of rotatable bonds is 5. The third-order valence-electron chi connectivity index (χ3n) is 5.76. The third-order valence-corrected chi connectivity index (χ3v) is 6.01. The summed E-state index contributed by atoms with van der Waals surface area (Å²) in [4.78, 5) is 17.1. The van der Waals surface area contributed by atoms with Gasteiger partial charge in [-0.1, -0.05) is 36.6 Å². The zero-order valence-electron chi connectivity index (χ0n) is 16.7. The highest BCUT2D eigenvalue weighted by atomic mass is 35.5. The molecule has 0 N–H and O–H groups in total. The third kappa shape index (κ3) is 4.51. The predicted molar refractivity (Wildman–Crippen MR) is 115 cm³/mol. The number of halogens is 1. The quantitative estimate of drug-likeness (QED) is 0.666. The number of carbonyl (C=O) groups excluding carboxylic acids is 1. The monoisotopic (exact) mass is 414 g/mol. The van der Waals surface area contributed by atoms with Gasteiger partial charge in [0.15, 0.2) is 0 Å². The summed E-state index contributed by atoms with van der Waals surface area (Å²) in [6, 6.07) is 15.0. The van der Waals surface area contributed by atoms with Crippen molar-refractivity contribution in [2.24, 2.45) is 0 Å². The van der Waals surface area contributed by atoms with E-state index < -0.39 is 0 Å². The lowest BCUT2D eigenvalue weighted by Gasteiger charge is -2.29. The number of hydrogen-bond donors (Lipinski definition) is 0. The van der Waals surface area contributed by atoms with Crippen LogP contribution in [0.4, 0.5) is 10.5 Å². The maximum absolute atomic E-state index is 12.9. The summed E-state index contributed by atoms with van der Waals surface area (Å²) in [6.07, 6.45) is 4.38. The van der Waals surface area contributed by atoms with Gasteiger partial charge in [0.2, 0.25) is 0 Å². The van der Waals surface area contributed by atoms with Crippen LogP contribution in [-0.2, 0) is 4.74 Å². The van der Waals surface area contributed by atoms with E-state index in [0.717, 1.165) is 36.6 Å². The van der Waals surface area contributed by atoms with Gasteiger partial charge < -0.3 is 9.47 Å². The molecule has 2 aromatic rings. The fraction of sp³-hybridized carbons (Fsp3) is 0.435. The Labute approximate surface area is 177 Å². The topological polar surface area (TPSA) is 42.0 Å². The molecule has 1 amide bonds. The number of likely N-dealkylation sites (tertiary alicyclic amines) is 1. The van der Waals surface area contributed by atoms with Crippen LogP contribution in [0.5, 0.6) is 5.75 Å². The molecule has 29 heavy (non-hydrogen) atoms. The van der Waals surface area contributed by atoms with Crippen LogP contribution < -0.4 is 9.64 Å². The standard InChI is InChI=1S/C23H27ClN2O3/c1-28-20-8-6-7-17(15-20)22-21(16-25-13-4-2-3-5-14-25)29-23(27)26(22)19-11-9-18(24)10-12-19/h6-12,15,21-22H,2-5,13-14,16H2,1H3/t21-,22-/m0/s1. The molecule has 0 radical (unpaired) electrons. The Bertz CT molecular complexity index is 834. The van der Waals surface area contributed by atoms with Crippen LogP contribution >= 0.6 is 11.6 Å². The second kappa shape index (κ2) is 9.06. The second-order valence-corrected chi connectivity index (χ2v) is 8.14. The normalized spacial score (nSPS) is 23.0. The lowest BCUT2D eigenvalue weighted by atomic mass is 9.99. The van der Waals surface area contributed by atoms with E-state index in [-0.39, 0.29) is 18.2 Å². The molecule has 5 nitrogen and oxygen atoms in total. The summed E-state index contributed by atoms with van der Waals surface area (Å²) in [7, 11) is 1.65. The molecule has 6 heteroatoms. The van der Waals surface area contributed by atoms with Gasteiger partial charge in [0, 0.05) is 17.3 Å². The summed E-state index contributed by atoms with van der Waals surface area (Å²) in [6.45, 7) is 2.84. The van der Waals surface area contributed by atoms with Crippen LogP contribution in [0.3, 0.4) is 0 Å². The maximum atomic E-state index is 12.9. The fourth-order valence-corrected chi connectivity index (χ4v) is 4.42. The summed E-state index contributed by atoms with van der Waals surface area (Å²) in [5.41, 5.74) is 1.79. The van der Waals surface area contributed by atoms with Gasteiger partial charge in [-0.2, -0.15) is 0 Å². The number of carbonyl (C=O) groups is 1. The molecule has 0 saturated carbocycles. The number of anilines is 1. The SMILES string of the molecule is COc1cccc([C@H]2[C@H](CN3CCCCCC3)OC(=O)N2c2ccc(Cl)cc2)c1. The van der Waals surface area contributed by atoms with Crippen LogP contribution in [0.25, 0.3) is 0 Å². The highest BCUT2D eigenvalue weighted by Crippen LogP contribution is 2.39. The molecule has 0 aliphatic carbocycles. The summed E-state index contributed by atoms with van der Waals surface area (Å²) >= 11 is 6.06. The second-order valence-electron chi connectivity index (χ2n) is 7.70. The van der Waals surface area contributed by atoms with E-state index in [4.69, 9.17) is 21.1 Å². The Morgan fingerprint density at radius 1 is 1.07 bits per heavy atom. The molecule has 2 atom stereocenters.